The highest BCUT2D eigenvalue weighted by atomic mass is 32.2. The fourth-order valence-electron chi connectivity index (χ4n) is 5.98. The standard InChI is InChI=1S/C34H27N3O6S2/c1-2-42-25-17-20(15-16-24(25)43-18-26(38)35-23-14-8-10-19-9-6-7-13-22(19)23)27-28-30(44-31-29(27)45-34(41)36-31)33(40)37(32(28)39)21-11-4-3-5-12-21/h3-17,27-28,30H,2,18H2,1H3,(H,35,38)(H,36,41)/t27-,28-,30+/m0/s1. The van der Waals surface area contributed by atoms with E-state index < -0.39 is 17.1 Å². The number of thioether (sulfide) groups is 1. The highest BCUT2D eigenvalue weighted by Crippen LogP contribution is 2.53. The minimum absolute atomic E-state index is 0.250. The Morgan fingerprint density at radius 3 is 2.49 bits per heavy atom. The number of benzene rings is 4. The molecule has 7 rings (SSSR count). The lowest BCUT2D eigenvalue weighted by atomic mass is 9.83. The van der Waals surface area contributed by atoms with Gasteiger partial charge in [-0.2, -0.15) is 0 Å². The number of imide groups is 1. The first kappa shape index (κ1) is 28.9. The van der Waals surface area contributed by atoms with Gasteiger partial charge in [-0.25, -0.2) is 4.90 Å². The van der Waals surface area contributed by atoms with Crippen molar-refractivity contribution in [3.8, 4) is 11.5 Å². The SMILES string of the molecule is CCOc1cc([C@@H]2c3sc(=O)[nH]c3S[C@H]3C(=O)N(c4ccccc4)C(=O)[C@@H]23)ccc1OCC(=O)Nc1cccc2ccccc12. The van der Waals surface area contributed by atoms with Crippen LogP contribution in [0, 0.1) is 5.92 Å². The molecule has 226 valence electrons. The van der Waals surface area contributed by atoms with Crippen molar-refractivity contribution in [3.05, 3.63) is 111 Å². The first-order valence-electron chi connectivity index (χ1n) is 14.4. The minimum Gasteiger partial charge on any atom is -0.490 e. The number of rotatable bonds is 8. The van der Waals surface area contributed by atoms with Gasteiger partial charge in [-0.1, -0.05) is 83.8 Å². The monoisotopic (exact) mass is 637 g/mol. The summed E-state index contributed by atoms with van der Waals surface area (Å²) in [6.45, 7) is 1.91. The summed E-state index contributed by atoms with van der Waals surface area (Å²) in [4.78, 5) is 57.5. The average Bonchev–Trinajstić information content (AvgIpc) is 3.55. The maximum Gasteiger partial charge on any atom is 0.305 e. The van der Waals surface area contributed by atoms with Gasteiger partial charge in [-0.05, 0) is 48.2 Å². The number of aromatic amines is 1. The summed E-state index contributed by atoms with van der Waals surface area (Å²) < 4.78 is 11.9. The predicted octanol–water partition coefficient (Wildman–Crippen LogP) is 5.80. The van der Waals surface area contributed by atoms with Crippen LogP contribution >= 0.6 is 23.1 Å². The van der Waals surface area contributed by atoms with E-state index in [-0.39, 0.29) is 29.2 Å². The quantitative estimate of drug-likeness (QED) is 0.207. The number of carbonyl (C=O) groups excluding carboxylic acids is 3. The Labute approximate surface area is 266 Å². The van der Waals surface area contributed by atoms with Crippen LogP contribution in [0.15, 0.2) is 101 Å². The molecule has 0 bridgehead atoms. The number of thiazole rings is 1. The van der Waals surface area contributed by atoms with E-state index in [9.17, 15) is 19.2 Å². The Balaban J connectivity index is 1.18. The number of hydrogen-bond donors (Lipinski definition) is 2. The molecule has 4 aromatic carbocycles. The fraction of sp³-hybridized carbons (Fsp3) is 0.176. The van der Waals surface area contributed by atoms with Crippen molar-refractivity contribution >= 4 is 63.0 Å². The third-order valence-corrected chi connectivity index (χ3v) is 10.3. The van der Waals surface area contributed by atoms with Crippen molar-refractivity contribution < 1.29 is 23.9 Å². The number of amides is 3. The first-order valence-corrected chi connectivity index (χ1v) is 16.1. The Bertz CT molecular complexity index is 2000. The number of ether oxygens (including phenoxy) is 2. The molecule has 5 aromatic rings. The molecule has 11 heteroatoms. The van der Waals surface area contributed by atoms with Crippen LogP contribution in [0.1, 0.15) is 23.3 Å². The normalized spacial score (nSPS) is 18.9. The highest BCUT2D eigenvalue weighted by Gasteiger charge is 2.56. The van der Waals surface area contributed by atoms with E-state index in [4.69, 9.17) is 9.47 Å². The van der Waals surface area contributed by atoms with E-state index in [2.05, 4.69) is 10.3 Å². The van der Waals surface area contributed by atoms with Gasteiger partial charge in [0.05, 0.1) is 23.2 Å². The van der Waals surface area contributed by atoms with Crippen molar-refractivity contribution in [2.45, 2.75) is 23.1 Å². The molecule has 2 N–H and O–H groups in total. The molecule has 1 fully saturated rings. The van der Waals surface area contributed by atoms with Crippen LogP contribution in [-0.4, -0.2) is 41.2 Å². The molecule has 3 atom stereocenters. The summed E-state index contributed by atoms with van der Waals surface area (Å²) >= 11 is 2.27. The Kier molecular flexibility index (Phi) is 7.64. The predicted molar refractivity (Wildman–Crippen MR) is 175 cm³/mol. The summed E-state index contributed by atoms with van der Waals surface area (Å²) in [5.74, 6) is -1.50. The van der Waals surface area contributed by atoms with E-state index >= 15 is 0 Å². The number of aromatic nitrogens is 1. The lowest BCUT2D eigenvalue weighted by molar-refractivity contribution is -0.122. The zero-order valence-electron chi connectivity index (χ0n) is 24.0. The number of nitrogens with one attached hydrogen (secondary N) is 2. The second kappa shape index (κ2) is 11.9. The molecule has 3 heterocycles. The molecule has 0 radical (unpaired) electrons. The average molecular weight is 638 g/mol. The van der Waals surface area contributed by atoms with Gasteiger partial charge in [0.15, 0.2) is 18.1 Å². The number of nitrogens with zero attached hydrogens (tertiary/aromatic N) is 1. The van der Waals surface area contributed by atoms with Crippen molar-refractivity contribution in [1.29, 1.82) is 0 Å². The number of carbonyl (C=O) groups is 3. The van der Waals surface area contributed by atoms with E-state index in [1.807, 2.05) is 55.5 Å². The highest BCUT2D eigenvalue weighted by molar-refractivity contribution is 8.00. The van der Waals surface area contributed by atoms with Gasteiger partial charge in [-0.3, -0.25) is 19.2 Å². The van der Waals surface area contributed by atoms with Gasteiger partial charge < -0.3 is 19.8 Å². The summed E-state index contributed by atoms with van der Waals surface area (Å²) in [6, 6.07) is 27.6. The number of anilines is 2. The maximum atomic E-state index is 13.9. The third-order valence-electron chi connectivity index (χ3n) is 7.89. The Morgan fingerprint density at radius 1 is 0.889 bits per heavy atom. The van der Waals surface area contributed by atoms with Crippen LogP contribution in [0.4, 0.5) is 11.4 Å². The molecule has 0 spiro atoms. The van der Waals surface area contributed by atoms with Gasteiger partial charge in [0, 0.05) is 21.9 Å². The van der Waals surface area contributed by atoms with Crippen molar-refractivity contribution in [2.24, 2.45) is 5.92 Å². The number of para-hydroxylation sites is 1. The summed E-state index contributed by atoms with van der Waals surface area (Å²) in [5, 5.41) is 4.75. The smallest absolute Gasteiger partial charge is 0.305 e. The summed E-state index contributed by atoms with van der Waals surface area (Å²) in [7, 11) is 0. The summed E-state index contributed by atoms with van der Waals surface area (Å²) in [5.41, 5.74) is 1.90. The van der Waals surface area contributed by atoms with Gasteiger partial charge in [-0.15, -0.1) is 0 Å². The topological polar surface area (TPSA) is 118 Å². The van der Waals surface area contributed by atoms with Crippen molar-refractivity contribution in [1.82, 2.24) is 4.98 Å². The molecule has 1 saturated heterocycles. The molecule has 0 saturated carbocycles. The zero-order chi connectivity index (χ0) is 31.1. The molecular weight excluding hydrogens is 611 g/mol. The van der Waals surface area contributed by atoms with Gasteiger partial charge in [0.2, 0.25) is 11.8 Å². The number of fused-ring (bicyclic) bond motifs is 3. The van der Waals surface area contributed by atoms with E-state index in [0.29, 0.717) is 44.9 Å². The number of H-pyrrole nitrogens is 1. The minimum atomic E-state index is -0.727. The largest absolute Gasteiger partial charge is 0.490 e. The fourth-order valence-corrected chi connectivity index (χ4v) is 8.49. The maximum absolute atomic E-state index is 13.9. The van der Waals surface area contributed by atoms with E-state index in [1.54, 1.807) is 42.5 Å². The summed E-state index contributed by atoms with van der Waals surface area (Å²) in [6.07, 6.45) is 0. The molecule has 1 aromatic heterocycles. The van der Waals surface area contributed by atoms with Gasteiger partial charge in [0.1, 0.15) is 5.25 Å². The molecule has 2 aliphatic heterocycles. The van der Waals surface area contributed by atoms with E-state index in [0.717, 1.165) is 22.1 Å². The molecule has 0 aliphatic carbocycles. The Morgan fingerprint density at radius 2 is 1.67 bits per heavy atom. The molecule has 3 amide bonds. The molecular formula is C34H27N3O6S2. The first-order chi connectivity index (χ1) is 21.9. The van der Waals surface area contributed by atoms with Crippen molar-refractivity contribution in [3.63, 3.8) is 0 Å². The van der Waals surface area contributed by atoms with Crippen LogP contribution in [0.2, 0.25) is 0 Å². The van der Waals surface area contributed by atoms with Crippen LogP contribution in [-0.2, 0) is 14.4 Å². The second-order valence-corrected chi connectivity index (χ2v) is 12.8. The van der Waals surface area contributed by atoms with Crippen LogP contribution in [0.25, 0.3) is 10.8 Å². The molecule has 45 heavy (non-hydrogen) atoms. The van der Waals surface area contributed by atoms with Gasteiger partial charge in [0.25, 0.3) is 5.91 Å². The zero-order valence-corrected chi connectivity index (χ0v) is 25.7. The van der Waals surface area contributed by atoms with Crippen LogP contribution in [0.3, 0.4) is 0 Å². The molecule has 9 nitrogen and oxygen atoms in total. The van der Waals surface area contributed by atoms with E-state index in [1.165, 1.54) is 16.7 Å². The van der Waals surface area contributed by atoms with Crippen LogP contribution < -0.4 is 24.6 Å². The lowest BCUT2D eigenvalue weighted by Gasteiger charge is -2.30. The molecule has 2 aliphatic rings. The Hall–Kier alpha value is -4.87. The molecule has 0 unspecified atom stereocenters. The second-order valence-electron chi connectivity index (χ2n) is 10.6. The lowest BCUT2D eigenvalue weighted by Crippen LogP contribution is -2.32. The number of hydrogen-bond acceptors (Lipinski definition) is 8. The van der Waals surface area contributed by atoms with Crippen LogP contribution in [0.5, 0.6) is 11.5 Å². The van der Waals surface area contributed by atoms with Crippen molar-refractivity contribution in [2.75, 3.05) is 23.4 Å². The third kappa shape index (κ3) is 5.27. The van der Waals surface area contributed by atoms with Gasteiger partial charge >= 0.3 is 4.87 Å².